The number of rotatable bonds is 0. The molecule has 2 heterocycles. The molecule has 0 saturated carbocycles. The van der Waals surface area contributed by atoms with Crippen LogP contribution in [0.25, 0.3) is 11.8 Å². The van der Waals surface area contributed by atoms with Crippen molar-refractivity contribution in [2.24, 2.45) is 0 Å². The fourth-order valence-corrected chi connectivity index (χ4v) is 1.69. The largest absolute Gasteiger partial charge is 0.507 e. The lowest BCUT2D eigenvalue weighted by Crippen LogP contribution is -1.91. The van der Waals surface area contributed by atoms with Crippen LogP contribution >= 0.6 is 0 Å². The smallest absolute Gasteiger partial charge is 0.230 e. The van der Waals surface area contributed by atoms with Gasteiger partial charge < -0.3 is 9.84 Å². The molecule has 0 aliphatic carbocycles. The third-order valence-electron chi connectivity index (χ3n) is 2.46. The van der Waals surface area contributed by atoms with E-state index < -0.39 is 0 Å². The molecule has 0 unspecified atom stereocenters. The number of fused-ring (bicyclic) bond motifs is 2. The SMILES string of the molecule is OC1=Cc2ccccc2Oc2ncccc21. The van der Waals surface area contributed by atoms with Gasteiger partial charge in [0.25, 0.3) is 0 Å². The van der Waals surface area contributed by atoms with Gasteiger partial charge in [0.1, 0.15) is 11.5 Å². The van der Waals surface area contributed by atoms with E-state index in [1.807, 2.05) is 24.3 Å². The molecule has 3 heteroatoms. The second kappa shape index (κ2) is 3.38. The van der Waals surface area contributed by atoms with Gasteiger partial charge in [0, 0.05) is 11.8 Å². The molecule has 0 fully saturated rings. The zero-order valence-electron chi connectivity index (χ0n) is 8.42. The quantitative estimate of drug-likeness (QED) is 0.727. The maximum atomic E-state index is 9.93. The van der Waals surface area contributed by atoms with E-state index in [2.05, 4.69) is 4.98 Å². The second-order valence-corrected chi connectivity index (χ2v) is 3.53. The third kappa shape index (κ3) is 1.34. The van der Waals surface area contributed by atoms with Crippen LogP contribution < -0.4 is 4.74 Å². The molecule has 0 spiro atoms. The van der Waals surface area contributed by atoms with Gasteiger partial charge in [0.15, 0.2) is 0 Å². The van der Waals surface area contributed by atoms with Crippen molar-refractivity contribution in [3.05, 3.63) is 53.7 Å². The first-order valence-corrected chi connectivity index (χ1v) is 4.97. The summed E-state index contributed by atoms with van der Waals surface area (Å²) in [5.74, 6) is 1.31. The molecule has 3 nitrogen and oxygen atoms in total. The maximum Gasteiger partial charge on any atom is 0.230 e. The first kappa shape index (κ1) is 8.97. The summed E-state index contributed by atoms with van der Waals surface area (Å²) in [6.07, 6.45) is 3.32. The van der Waals surface area contributed by atoms with E-state index in [1.165, 1.54) is 0 Å². The molecule has 1 N–H and O–H groups in total. The zero-order valence-corrected chi connectivity index (χ0v) is 8.42. The van der Waals surface area contributed by atoms with Gasteiger partial charge in [-0.25, -0.2) is 4.98 Å². The van der Waals surface area contributed by atoms with Crippen LogP contribution in [-0.4, -0.2) is 10.1 Å². The van der Waals surface area contributed by atoms with Gasteiger partial charge in [-0.2, -0.15) is 0 Å². The molecule has 0 saturated heterocycles. The van der Waals surface area contributed by atoms with Crippen LogP contribution in [-0.2, 0) is 0 Å². The summed E-state index contributed by atoms with van der Waals surface area (Å²) in [6, 6.07) is 11.1. The molecular weight excluding hydrogens is 202 g/mol. The molecule has 0 bridgehead atoms. The van der Waals surface area contributed by atoms with Crippen molar-refractivity contribution in [3.8, 4) is 11.6 Å². The Balaban J connectivity index is 2.25. The van der Waals surface area contributed by atoms with Crippen LogP contribution in [0, 0.1) is 0 Å². The Hall–Kier alpha value is -2.29. The molecule has 1 aliphatic heterocycles. The molecule has 78 valence electrons. The van der Waals surface area contributed by atoms with Gasteiger partial charge in [-0.3, -0.25) is 0 Å². The minimum absolute atomic E-state index is 0.174. The summed E-state index contributed by atoms with van der Waals surface area (Å²) in [6.45, 7) is 0. The second-order valence-electron chi connectivity index (χ2n) is 3.53. The Kier molecular flexibility index (Phi) is 1.90. The van der Waals surface area contributed by atoms with Gasteiger partial charge >= 0.3 is 0 Å². The van der Waals surface area contributed by atoms with Gasteiger partial charge in [0.2, 0.25) is 5.88 Å². The van der Waals surface area contributed by atoms with E-state index in [9.17, 15) is 5.11 Å². The van der Waals surface area contributed by atoms with Crippen LogP contribution in [0.2, 0.25) is 0 Å². The van der Waals surface area contributed by atoms with E-state index >= 15 is 0 Å². The van der Waals surface area contributed by atoms with E-state index in [0.717, 1.165) is 5.56 Å². The van der Waals surface area contributed by atoms with Crippen molar-refractivity contribution in [1.82, 2.24) is 4.98 Å². The summed E-state index contributed by atoms with van der Waals surface area (Å²) < 4.78 is 5.65. The standard InChI is InChI=1S/C13H9NO2/c15-11-8-9-4-1-2-6-12(9)16-13-10(11)5-3-7-14-13/h1-8,15H. The molecule has 1 aliphatic rings. The molecule has 1 aromatic carbocycles. The van der Waals surface area contributed by atoms with Crippen LogP contribution in [0.1, 0.15) is 11.1 Å². The molecule has 2 aromatic rings. The molecular formula is C13H9NO2. The summed E-state index contributed by atoms with van der Waals surface area (Å²) in [4.78, 5) is 4.11. The highest BCUT2D eigenvalue weighted by Gasteiger charge is 2.15. The highest BCUT2D eigenvalue weighted by atomic mass is 16.5. The van der Waals surface area contributed by atoms with Crippen LogP contribution in [0.15, 0.2) is 42.6 Å². The summed E-state index contributed by atoms with van der Waals surface area (Å²) in [5, 5.41) is 9.93. The summed E-state index contributed by atoms with van der Waals surface area (Å²) >= 11 is 0. The summed E-state index contributed by atoms with van der Waals surface area (Å²) in [7, 11) is 0. The lowest BCUT2D eigenvalue weighted by molar-refractivity contribution is 0.454. The zero-order chi connectivity index (χ0) is 11.0. The monoisotopic (exact) mass is 211 g/mol. The number of aromatic nitrogens is 1. The first-order chi connectivity index (χ1) is 7.84. The molecule has 0 atom stereocenters. The van der Waals surface area contributed by atoms with Crippen molar-refractivity contribution >= 4 is 11.8 Å². The van der Waals surface area contributed by atoms with Gasteiger partial charge in [-0.1, -0.05) is 18.2 Å². The number of ether oxygens (including phenoxy) is 1. The number of benzene rings is 1. The number of para-hydroxylation sites is 1. The van der Waals surface area contributed by atoms with Crippen LogP contribution in [0.3, 0.4) is 0 Å². The Morgan fingerprint density at radius 1 is 1.06 bits per heavy atom. The van der Waals surface area contributed by atoms with E-state index in [4.69, 9.17) is 4.74 Å². The number of hydrogen-bond acceptors (Lipinski definition) is 3. The van der Waals surface area contributed by atoms with Crippen molar-refractivity contribution in [2.75, 3.05) is 0 Å². The fraction of sp³-hybridized carbons (Fsp3) is 0. The average molecular weight is 211 g/mol. The van der Waals surface area contributed by atoms with Crippen LogP contribution in [0.4, 0.5) is 0 Å². The van der Waals surface area contributed by atoms with Crippen LogP contribution in [0.5, 0.6) is 11.6 Å². The number of aliphatic hydroxyl groups excluding tert-OH is 1. The summed E-state index contributed by atoms with van der Waals surface area (Å²) in [5.41, 5.74) is 1.46. The van der Waals surface area contributed by atoms with Gasteiger partial charge in [-0.05, 0) is 24.3 Å². The minimum Gasteiger partial charge on any atom is -0.507 e. The fourth-order valence-electron chi connectivity index (χ4n) is 1.69. The topological polar surface area (TPSA) is 42.4 Å². The minimum atomic E-state index is 0.174. The van der Waals surface area contributed by atoms with Crippen molar-refractivity contribution in [2.45, 2.75) is 0 Å². The Morgan fingerprint density at radius 3 is 2.88 bits per heavy atom. The Labute approximate surface area is 92.7 Å². The van der Waals surface area contributed by atoms with Crippen molar-refractivity contribution in [1.29, 1.82) is 0 Å². The Bertz CT molecular complexity index is 576. The molecule has 1 aromatic heterocycles. The van der Waals surface area contributed by atoms with E-state index in [1.54, 1.807) is 24.4 Å². The van der Waals surface area contributed by atoms with Gasteiger partial charge in [0.05, 0.1) is 5.56 Å². The molecule has 0 radical (unpaired) electrons. The van der Waals surface area contributed by atoms with E-state index in [-0.39, 0.29) is 5.76 Å². The molecule has 16 heavy (non-hydrogen) atoms. The molecule has 0 amide bonds. The number of pyridine rings is 1. The third-order valence-corrected chi connectivity index (χ3v) is 2.46. The normalized spacial score (nSPS) is 12.9. The predicted octanol–water partition coefficient (Wildman–Crippen LogP) is 3.24. The van der Waals surface area contributed by atoms with Crippen molar-refractivity contribution < 1.29 is 9.84 Å². The lowest BCUT2D eigenvalue weighted by Gasteiger charge is -2.06. The maximum absolute atomic E-state index is 9.93. The first-order valence-electron chi connectivity index (χ1n) is 4.97. The molecule has 3 rings (SSSR count). The van der Waals surface area contributed by atoms with E-state index in [0.29, 0.717) is 17.2 Å². The lowest BCUT2D eigenvalue weighted by atomic mass is 10.1. The van der Waals surface area contributed by atoms with Crippen molar-refractivity contribution in [3.63, 3.8) is 0 Å². The highest BCUT2D eigenvalue weighted by molar-refractivity contribution is 5.82. The number of hydrogen-bond donors (Lipinski definition) is 1. The number of aliphatic hydroxyl groups is 1. The predicted molar refractivity (Wildman–Crippen MR) is 61.3 cm³/mol. The Morgan fingerprint density at radius 2 is 1.94 bits per heavy atom. The van der Waals surface area contributed by atoms with Gasteiger partial charge in [-0.15, -0.1) is 0 Å². The average Bonchev–Trinajstić information content (AvgIpc) is 2.45. The highest BCUT2D eigenvalue weighted by Crippen LogP contribution is 2.34. The number of nitrogens with zero attached hydrogens (tertiary/aromatic N) is 1.